The Morgan fingerprint density at radius 1 is 1.04 bits per heavy atom. The van der Waals surface area contributed by atoms with Gasteiger partial charge in [-0.25, -0.2) is 9.78 Å². The van der Waals surface area contributed by atoms with Crippen molar-refractivity contribution in [3.8, 4) is 0 Å². The Morgan fingerprint density at radius 2 is 1.82 bits per heavy atom. The molecule has 3 N–H and O–H groups in total. The Morgan fingerprint density at radius 3 is 2.57 bits per heavy atom. The summed E-state index contributed by atoms with van der Waals surface area (Å²) in [5.74, 6) is -0.462. The lowest BCUT2D eigenvalue weighted by Gasteiger charge is -2.12. The van der Waals surface area contributed by atoms with Crippen LogP contribution in [0.1, 0.15) is 32.6 Å². The van der Waals surface area contributed by atoms with Crippen LogP contribution < -0.4 is 5.73 Å². The highest BCUT2D eigenvalue weighted by atomic mass is 16.4. The summed E-state index contributed by atoms with van der Waals surface area (Å²) in [6.45, 7) is 3.99. The number of hydrogen-bond donors (Lipinski definition) is 2. The highest BCUT2D eigenvalue weighted by Crippen LogP contribution is 2.30. The molecule has 0 unspecified atom stereocenters. The van der Waals surface area contributed by atoms with Crippen LogP contribution in [0, 0.1) is 13.8 Å². The summed E-state index contributed by atoms with van der Waals surface area (Å²) < 4.78 is 0. The number of aromatic carboxylic acids is 1. The van der Waals surface area contributed by atoms with E-state index in [1.54, 1.807) is 18.3 Å². The van der Waals surface area contributed by atoms with Gasteiger partial charge in [0.05, 0.1) is 11.1 Å². The van der Waals surface area contributed by atoms with Gasteiger partial charge >= 0.3 is 5.97 Å². The number of nitrogens with zero attached hydrogens (tertiary/aromatic N) is 2. The lowest BCUT2D eigenvalue weighted by Crippen LogP contribution is -2.02. The first kappa shape index (κ1) is 17.9. The first-order valence-electron chi connectivity index (χ1n) is 9.20. The number of nitrogen functional groups attached to an aromatic ring is 1. The van der Waals surface area contributed by atoms with Gasteiger partial charge in [-0.2, -0.15) is 0 Å². The molecule has 0 bridgehead atoms. The molecule has 0 aliphatic rings. The Balaban J connectivity index is 1.77. The number of anilines is 1. The van der Waals surface area contributed by atoms with Crippen LogP contribution in [-0.4, -0.2) is 21.0 Å². The molecule has 0 saturated carbocycles. The molecule has 0 fully saturated rings. The molecular formula is C23H21N3O2. The fraction of sp³-hybridized carbons (Fsp3) is 0.174. The number of hydrogen-bond acceptors (Lipinski definition) is 4. The molecule has 2 aromatic heterocycles. The minimum Gasteiger partial charge on any atom is -0.478 e. The SMILES string of the molecule is Cc1ccc2c(c1)nc(N)c1nccc(CCc3ccc(C(=O)O)cc3C)c12. The molecule has 0 saturated heterocycles. The molecular weight excluding hydrogens is 350 g/mol. The van der Waals surface area contributed by atoms with E-state index in [-0.39, 0.29) is 0 Å². The molecule has 0 spiro atoms. The summed E-state index contributed by atoms with van der Waals surface area (Å²) in [6, 6.07) is 13.5. The number of fused-ring (bicyclic) bond motifs is 3. The molecule has 5 heteroatoms. The van der Waals surface area contributed by atoms with Gasteiger partial charge in [0.2, 0.25) is 0 Å². The Kier molecular flexibility index (Phi) is 4.43. The van der Waals surface area contributed by atoms with Gasteiger partial charge in [0.15, 0.2) is 5.82 Å². The van der Waals surface area contributed by atoms with Crippen LogP contribution >= 0.6 is 0 Å². The smallest absolute Gasteiger partial charge is 0.335 e. The maximum atomic E-state index is 11.1. The van der Waals surface area contributed by atoms with E-state index in [1.807, 2.05) is 32.0 Å². The van der Waals surface area contributed by atoms with Gasteiger partial charge in [0.1, 0.15) is 5.52 Å². The summed E-state index contributed by atoms with van der Waals surface area (Å²) in [5.41, 5.74) is 12.5. The van der Waals surface area contributed by atoms with Gasteiger partial charge in [-0.15, -0.1) is 0 Å². The second kappa shape index (κ2) is 6.93. The number of pyridine rings is 2. The summed E-state index contributed by atoms with van der Waals surface area (Å²) in [7, 11) is 0. The largest absolute Gasteiger partial charge is 0.478 e. The van der Waals surface area contributed by atoms with Crippen molar-refractivity contribution < 1.29 is 9.90 Å². The van der Waals surface area contributed by atoms with Crippen molar-refractivity contribution >= 4 is 33.6 Å². The third-order valence-electron chi connectivity index (χ3n) is 5.20. The Bertz CT molecular complexity index is 1230. The zero-order chi connectivity index (χ0) is 19.8. The number of aromatic nitrogens is 2. The van der Waals surface area contributed by atoms with Crippen molar-refractivity contribution in [1.29, 1.82) is 0 Å². The fourth-order valence-electron chi connectivity index (χ4n) is 3.71. The molecule has 0 aliphatic heterocycles. The van der Waals surface area contributed by atoms with Crippen molar-refractivity contribution in [3.05, 3.63) is 76.5 Å². The number of aryl methyl sites for hydroxylation is 4. The first-order valence-corrected chi connectivity index (χ1v) is 9.20. The molecule has 2 heterocycles. The highest BCUT2D eigenvalue weighted by molar-refractivity contribution is 6.09. The van der Waals surface area contributed by atoms with Crippen LogP contribution in [0.3, 0.4) is 0 Å². The summed E-state index contributed by atoms with van der Waals surface area (Å²) in [5, 5.41) is 11.2. The number of carbonyl (C=O) groups is 1. The Labute approximate surface area is 162 Å². The van der Waals surface area contributed by atoms with Gasteiger partial charge < -0.3 is 10.8 Å². The highest BCUT2D eigenvalue weighted by Gasteiger charge is 2.12. The van der Waals surface area contributed by atoms with Gasteiger partial charge in [-0.05, 0) is 73.2 Å². The van der Waals surface area contributed by atoms with E-state index in [0.29, 0.717) is 11.4 Å². The van der Waals surface area contributed by atoms with Gasteiger partial charge in [-0.3, -0.25) is 4.98 Å². The van der Waals surface area contributed by atoms with Crippen molar-refractivity contribution in [3.63, 3.8) is 0 Å². The molecule has 0 radical (unpaired) electrons. The minimum absolute atomic E-state index is 0.316. The second-order valence-corrected chi connectivity index (χ2v) is 7.16. The molecule has 0 amide bonds. The normalized spacial score (nSPS) is 11.2. The Hall–Kier alpha value is -3.47. The number of carboxylic acids is 1. The van der Waals surface area contributed by atoms with Gasteiger partial charge in [-0.1, -0.05) is 18.2 Å². The molecule has 4 rings (SSSR count). The second-order valence-electron chi connectivity index (χ2n) is 7.16. The van der Waals surface area contributed by atoms with Crippen LogP contribution in [0.25, 0.3) is 21.8 Å². The number of nitrogens with two attached hydrogens (primary N) is 1. The fourth-order valence-corrected chi connectivity index (χ4v) is 3.71. The van der Waals surface area contributed by atoms with E-state index in [2.05, 4.69) is 22.1 Å². The maximum absolute atomic E-state index is 11.1. The zero-order valence-electron chi connectivity index (χ0n) is 15.9. The molecule has 0 atom stereocenters. The number of rotatable bonds is 4. The average Bonchev–Trinajstić information content (AvgIpc) is 2.66. The lowest BCUT2D eigenvalue weighted by molar-refractivity contribution is 0.0696. The molecule has 140 valence electrons. The number of carboxylic acid groups (broad SMARTS) is 1. The molecule has 2 aromatic carbocycles. The third kappa shape index (κ3) is 3.16. The predicted octanol–water partition coefficient (Wildman–Crippen LogP) is 4.47. The summed E-state index contributed by atoms with van der Waals surface area (Å²) in [4.78, 5) is 20.1. The first-order chi connectivity index (χ1) is 13.4. The van der Waals surface area contributed by atoms with E-state index in [0.717, 1.165) is 56.9 Å². The van der Waals surface area contributed by atoms with E-state index in [4.69, 9.17) is 10.8 Å². The quantitative estimate of drug-likeness (QED) is 0.517. The lowest BCUT2D eigenvalue weighted by atomic mass is 9.95. The molecule has 28 heavy (non-hydrogen) atoms. The topological polar surface area (TPSA) is 89.1 Å². The van der Waals surface area contributed by atoms with E-state index in [1.165, 1.54) is 0 Å². The van der Waals surface area contributed by atoms with Gasteiger partial charge in [0.25, 0.3) is 0 Å². The van der Waals surface area contributed by atoms with Crippen LogP contribution in [0.4, 0.5) is 5.82 Å². The van der Waals surface area contributed by atoms with Crippen molar-refractivity contribution in [2.75, 3.05) is 5.73 Å². The molecule has 0 aliphatic carbocycles. The van der Waals surface area contributed by atoms with Crippen LogP contribution in [-0.2, 0) is 12.8 Å². The maximum Gasteiger partial charge on any atom is 0.335 e. The number of benzene rings is 2. The monoisotopic (exact) mass is 371 g/mol. The van der Waals surface area contributed by atoms with Crippen molar-refractivity contribution in [2.45, 2.75) is 26.7 Å². The summed E-state index contributed by atoms with van der Waals surface area (Å²) >= 11 is 0. The standard InChI is InChI=1S/C23H21N3O2/c1-13-3-8-18-19(11-13)26-22(24)21-20(18)16(9-10-25-21)6-4-15-5-7-17(23(27)28)12-14(15)2/h3,5,7-12H,4,6H2,1-2H3,(H2,24,26)(H,27,28). The van der Waals surface area contributed by atoms with Crippen LogP contribution in [0.5, 0.6) is 0 Å². The predicted molar refractivity (Wildman–Crippen MR) is 112 cm³/mol. The van der Waals surface area contributed by atoms with E-state index >= 15 is 0 Å². The summed E-state index contributed by atoms with van der Waals surface area (Å²) in [6.07, 6.45) is 3.38. The average molecular weight is 371 g/mol. The third-order valence-corrected chi connectivity index (χ3v) is 5.20. The molecule has 5 nitrogen and oxygen atoms in total. The van der Waals surface area contributed by atoms with Crippen molar-refractivity contribution in [2.24, 2.45) is 0 Å². The molecule has 4 aromatic rings. The van der Waals surface area contributed by atoms with Crippen molar-refractivity contribution in [1.82, 2.24) is 9.97 Å². The van der Waals surface area contributed by atoms with Crippen LogP contribution in [0.2, 0.25) is 0 Å². The van der Waals surface area contributed by atoms with Gasteiger partial charge in [0, 0.05) is 17.0 Å². The van der Waals surface area contributed by atoms with Crippen LogP contribution in [0.15, 0.2) is 48.7 Å². The minimum atomic E-state index is -0.903. The zero-order valence-corrected chi connectivity index (χ0v) is 15.9. The van der Waals surface area contributed by atoms with E-state index < -0.39 is 5.97 Å². The van der Waals surface area contributed by atoms with E-state index in [9.17, 15) is 4.79 Å².